The van der Waals surface area contributed by atoms with Crippen molar-refractivity contribution in [2.45, 2.75) is 26.7 Å². The Bertz CT molecular complexity index is 252. The fourth-order valence-corrected chi connectivity index (χ4v) is 1.05. The minimum Gasteiger partial charge on any atom is -0.361 e. The van der Waals surface area contributed by atoms with Crippen LogP contribution in [0.3, 0.4) is 0 Å². The van der Waals surface area contributed by atoms with Crippen molar-refractivity contribution in [2.75, 3.05) is 19.9 Å². The van der Waals surface area contributed by atoms with Gasteiger partial charge in [0.05, 0.1) is 6.61 Å². The molecule has 2 amide bonds. The van der Waals surface area contributed by atoms with Gasteiger partial charge in [-0.05, 0) is 18.4 Å². The largest absolute Gasteiger partial charge is 0.361 e. The number of hydrogen-bond donors (Lipinski definition) is 2. The molecule has 0 atom stereocenters. The molecular formula is C12H22N2O3. The summed E-state index contributed by atoms with van der Waals surface area (Å²) < 4.78 is 5.21. The zero-order valence-electron chi connectivity index (χ0n) is 10.6. The number of amides is 2. The quantitative estimate of drug-likeness (QED) is 0.357. The smallest absolute Gasteiger partial charge is 0.243 e. The van der Waals surface area contributed by atoms with Crippen LogP contribution in [0.15, 0.2) is 12.7 Å². The second-order valence-electron chi connectivity index (χ2n) is 4.11. The summed E-state index contributed by atoms with van der Waals surface area (Å²) in [4.78, 5) is 22.1. The molecule has 0 rings (SSSR count). The van der Waals surface area contributed by atoms with Gasteiger partial charge in [0.1, 0.15) is 6.73 Å². The van der Waals surface area contributed by atoms with Gasteiger partial charge >= 0.3 is 0 Å². The molecule has 0 heterocycles. The maximum absolute atomic E-state index is 11.3. The van der Waals surface area contributed by atoms with E-state index in [-0.39, 0.29) is 18.5 Å². The molecule has 0 radical (unpaired) electrons. The van der Waals surface area contributed by atoms with Crippen molar-refractivity contribution in [2.24, 2.45) is 5.92 Å². The minimum atomic E-state index is -0.217. The Hall–Kier alpha value is -1.36. The predicted octanol–water partition coefficient (Wildman–Crippen LogP) is 0.815. The fraction of sp³-hybridized carbons (Fsp3) is 0.667. The molecule has 0 aromatic rings. The molecule has 0 aliphatic rings. The Morgan fingerprint density at radius 3 is 2.65 bits per heavy atom. The molecule has 2 N–H and O–H groups in total. The van der Waals surface area contributed by atoms with Crippen LogP contribution in [-0.2, 0) is 14.3 Å². The highest BCUT2D eigenvalue weighted by molar-refractivity contribution is 5.86. The van der Waals surface area contributed by atoms with E-state index in [1.165, 1.54) is 6.08 Å². The topological polar surface area (TPSA) is 67.4 Å². The maximum Gasteiger partial charge on any atom is 0.243 e. The number of nitrogens with one attached hydrogen (secondary N) is 2. The van der Waals surface area contributed by atoms with Crippen LogP contribution >= 0.6 is 0 Å². The lowest BCUT2D eigenvalue weighted by molar-refractivity contribution is -0.123. The minimum absolute atomic E-state index is 0.0680. The summed E-state index contributed by atoms with van der Waals surface area (Å²) in [7, 11) is 0. The van der Waals surface area contributed by atoms with Gasteiger partial charge in [-0.3, -0.25) is 9.59 Å². The maximum atomic E-state index is 11.3. The Kier molecular flexibility index (Phi) is 9.05. The Labute approximate surface area is 103 Å². The van der Waals surface area contributed by atoms with E-state index in [1.54, 1.807) is 0 Å². The van der Waals surface area contributed by atoms with Crippen molar-refractivity contribution < 1.29 is 14.3 Å². The monoisotopic (exact) mass is 242 g/mol. The number of carbonyl (C=O) groups is 2. The van der Waals surface area contributed by atoms with E-state index in [9.17, 15) is 9.59 Å². The van der Waals surface area contributed by atoms with Gasteiger partial charge in [-0.25, -0.2) is 0 Å². The average Bonchev–Trinajstić information content (AvgIpc) is 2.29. The highest BCUT2D eigenvalue weighted by Gasteiger charge is 2.01. The van der Waals surface area contributed by atoms with Crippen molar-refractivity contribution in [3.8, 4) is 0 Å². The zero-order valence-corrected chi connectivity index (χ0v) is 10.6. The molecule has 5 heteroatoms. The first-order chi connectivity index (χ1) is 8.06. The number of rotatable bonds is 9. The van der Waals surface area contributed by atoms with Crippen LogP contribution < -0.4 is 10.6 Å². The SMILES string of the molecule is C=CC(=O)NCCCC(=O)NCOCC(C)C. The molecule has 0 aromatic heterocycles. The zero-order chi connectivity index (χ0) is 13.1. The molecule has 0 bridgehead atoms. The highest BCUT2D eigenvalue weighted by Crippen LogP contribution is 1.91. The van der Waals surface area contributed by atoms with E-state index < -0.39 is 0 Å². The van der Waals surface area contributed by atoms with Crippen molar-refractivity contribution in [1.29, 1.82) is 0 Å². The summed E-state index contributed by atoms with van der Waals surface area (Å²) in [5.74, 6) is 0.174. The number of carbonyl (C=O) groups excluding carboxylic acids is 2. The molecule has 0 saturated heterocycles. The molecule has 0 fully saturated rings. The van der Waals surface area contributed by atoms with Gasteiger partial charge in [-0.2, -0.15) is 0 Å². The first kappa shape index (κ1) is 15.6. The lowest BCUT2D eigenvalue weighted by Crippen LogP contribution is -2.28. The van der Waals surface area contributed by atoms with Gasteiger partial charge < -0.3 is 15.4 Å². The lowest BCUT2D eigenvalue weighted by atomic mass is 10.2. The molecule has 98 valence electrons. The van der Waals surface area contributed by atoms with Crippen LogP contribution in [0.1, 0.15) is 26.7 Å². The Morgan fingerprint density at radius 1 is 1.35 bits per heavy atom. The van der Waals surface area contributed by atoms with Gasteiger partial charge in [0, 0.05) is 13.0 Å². The van der Waals surface area contributed by atoms with E-state index in [0.717, 1.165) is 0 Å². The van der Waals surface area contributed by atoms with Crippen LogP contribution in [0.25, 0.3) is 0 Å². The first-order valence-corrected chi connectivity index (χ1v) is 5.81. The van der Waals surface area contributed by atoms with E-state index in [2.05, 4.69) is 17.2 Å². The number of hydrogen-bond acceptors (Lipinski definition) is 3. The summed E-state index contributed by atoms with van der Waals surface area (Å²) in [6.07, 6.45) is 2.19. The van der Waals surface area contributed by atoms with Gasteiger partial charge in [-0.1, -0.05) is 20.4 Å². The van der Waals surface area contributed by atoms with Gasteiger partial charge in [0.2, 0.25) is 11.8 Å². The van der Waals surface area contributed by atoms with Crippen molar-refractivity contribution >= 4 is 11.8 Å². The van der Waals surface area contributed by atoms with E-state index in [4.69, 9.17) is 4.74 Å². The molecule has 0 aliphatic heterocycles. The highest BCUT2D eigenvalue weighted by atomic mass is 16.5. The first-order valence-electron chi connectivity index (χ1n) is 5.81. The normalized spacial score (nSPS) is 10.1. The number of ether oxygens (including phenoxy) is 1. The van der Waals surface area contributed by atoms with Crippen LogP contribution in [0.4, 0.5) is 0 Å². The molecule has 0 saturated carbocycles. The summed E-state index contributed by atoms with van der Waals surface area (Å²) in [6.45, 7) is 8.78. The van der Waals surface area contributed by atoms with Crippen LogP contribution in [-0.4, -0.2) is 31.7 Å². The van der Waals surface area contributed by atoms with Crippen LogP contribution in [0.2, 0.25) is 0 Å². The summed E-state index contributed by atoms with van der Waals surface area (Å²) >= 11 is 0. The van der Waals surface area contributed by atoms with E-state index >= 15 is 0 Å². The van der Waals surface area contributed by atoms with Gasteiger partial charge in [-0.15, -0.1) is 0 Å². The second kappa shape index (κ2) is 9.84. The summed E-state index contributed by atoms with van der Waals surface area (Å²) in [5, 5.41) is 5.25. The molecule has 5 nitrogen and oxygen atoms in total. The standard InChI is InChI=1S/C12H22N2O3/c1-4-11(15)13-7-5-6-12(16)14-9-17-8-10(2)3/h4,10H,1,5-9H2,2-3H3,(H,13,15)(H,14,16). The van der Waals surface area contributed by atoms with Crippen molar-refractivity contribution in [3.05, 3.63) is 12.7 Å². The lowest BCUT2D eigenvalue weighted by Gasteiger charge is -2.08. The summed E-state index contributed by atoms with van der Waals surface area (Å²) in [5.41, 5.74) is 0. The molecule has 0 spiro atoms. The predicted molar refractivity (Wildman–Crippen MR) is 66.2 cm³/mol. The fourth-order valence-electron chi connectivity index (χ4n) is 1.05. The van der Waals surface area contributed by atoms with E-state index in [0.29, 0.717) is 31.9 Å². The van der Waals surface area contributed by atoms with Crippen LogP contribution in [0.5, 0.6) is 0 Å². The van der Waals surface area contributed by atoms with Gasteiger partial charge in [0.15, 0.2) is 0 Å². The molecule has 0 aliphatic carbocycles. The molecule has 17 heavy (non-hydrogen) atoms. The third-order valence-electron chi connectivity index (χ3n) is 1.89. The summed E-state index contributed by atoms with van der Waals surface area (Å²) in [6, 6.07) is 0. The molecule has 0 aromatic carbocycles. The molecular weight excluding hydrogens is 220 g/mol. The van der Waals surface area contributed by atoms with Crippen LogP contribution in [0, 0.1) is 5.92 Å². The van der Waals surface area contributed by atoms with Gasteiger partial charge in [0.25, 0.3) is 0 Å². The Balaban J connectivity index is 3.35. The third-order valence-corrected chi connectivity index (χ3v) is 1.89. The molecule has 0 unspecified atom stereocenters. The average molecular weight is 242 g/mol. The third kappa shape index (κ3) is 10.9. The van der Waals surface area contributed by atoms with E-state index in [1.807, 2.05) is 13.8 Å². The Morgan fingerprint density at radius 2 is 2.06 bits per heavy atom. The second-order valence-corrected chi connectivity index (χ2v) is 4.11. The van der Waals surface area contributed by atoms with Crippen molar-refractivity contribution in [1.82, 2.24) is 10.6 Å². The van der Waals surface area contributed by atoms with Crippen molar-refractivity contribution in [3.63, 3.8) is 0 Å².